The van der Waals surface area contributed by atoms with Crippen molar-refractivity contribution >= 4 is 60.7 Å². The van der Waals surface area contributed by atoms with Gasteiger partial charge in [0.05, 0.1) is 16.7 Å². The summed E-state index contributed by atoms with van der Waals surface area (Å²) >= 11 is 0. The van der Waals surface area contributed by atoms with Crippen molar-refractivity contribution in [1.29, 1.82) is 0 Å². The Labute approximate surface area is 330 Å². The Bertz CT molecular complexity index is 3170. The lowest BCUT2D eigenvalue weighted by Crippen LogP contribution is -2.11. The summed E-state index contributed by atoms with van der Waals surface area (Å²) in [6.07, 6.45) is 0. The van der Waals surface area contributed by atoms with Crippen molar-refractivity contribution in [3.8, 4) is 39.4 Å². The minimum atomic E-state index is 0.605. The van der Waals surface area contributed by atoms with Gasteiger partial charge in [-0.25, -0.2) is 4.98 Å². The zero-order valence-electron chi connectivity index (χ0n) is 31.0. The van der Waals surface area contributed by atoms with Gasteiger partial charge in [-0.2, -0.15) is 0 Å². The fraction of sp³-hybridized carbons (Fsp3) is 0. The van der Waals surface area contributed by atoms with Crippen LogP contribution >= 0.6 is 0 Å². The molecule has 0 N–H and O–H groups in total. The highest BCUT2D eigenvalue weighted by molar-refractivity contribution is 6.21. The number of anilines is 3. The van der Waals surface area contributed by atoms with Crippen molar-refractivity contribution in [1.82, 2.24) is 9.55 Å². The normalized spacial score (nSPS) is 11.5. The van der Waals surface area contributed by atoms with Gasteiger partial charge in [-0.05, 0) is 95.1 Å². The van der Waals surface area contributed by atoms with Gasteiger partial charge in [0, 0.05) is 44.2 Å². The maximum atomic E-state index is 6.32. The predicted octanol–water partition coefficient (Wildman–Crippen LogP) is 14.5. The molecular weight excluding hydrogens is 695 g/mol. The number of hydrogen-bond acceptors (Lipinski definition) is 3. The van der Waals surface area contributed by atoms with Crippen LogP contribution in [0.5, 0.6) is 0 Å². The van der Waals surface area contributed by atoms with Crippen molar-refractivity contribution in [2.45, 2.75) is 0 Å². The van der Waals surface area contributed by atoms with Crippen molar-refractivity contribution in [2.24, 2.45) is 0 Å². The monoisotopic (exact) mass is 729 g/mol. The van der Waals surface area contributed by atoms with Gasteiger partial charge in [-0.3, -0.25) is 0 Å². The summed E-state index contributed by atoms with van der Waals surface area (Å²) in [6, 6.07) is 75.3. The average Bonchev–Trinajstić information content (AvgIpc) is 3.87. The molecule has 0 bridgehead atoms. The van der Waals surface area contributed by atoms with E-state index in [4.69, 9.17) is 9.40 Å². The molecule has 9 aromatic carbocycles. The number of oxazole rings is 1. The number of hydrogen-bond donors (Lipinski definition) is 0. The van der Waals surface area contributed by atoms with Crippen molar-refractivity contribution in [3.63, 3.8) is 0 Å². The molecule has 0 unspecified atom stereocenters. The van der Waals surface area contributed by atoms with Gasteiger partial charge in [0.25, 0.3) is 0 Å². The Hall–Kier alpha value is -7.69. The second-order valence-corrected chi connectivity index (χ2v) is 14.4. The topological polar surface area (TPSA) is 34.2 Å². The summed E-state index contributed by atoms with van der Waals surface area (Å²) in [4.78, 5) is 7.41. The highest BCUT2D eigenvalue weighted by atomic mass is 16.3. The third kappa shape index (κ3) is 5.66. The Balaban J connectivity index is 1.20. The van der Waals surface area contributed by atoms with Crippen LogP contribution in [0.1, 0.15) is 0 Å². The summed E-state index contributed by atoms with van der Waals surface area (Å²) in [5.41, 5.74) is 13.7. The smallest absolute Gasteiger partial charge is 0.227 e. The van der Waals surface area contributed by atoms with Crippen LogP contribution in [-0.4, -0.2) is 9.55 Å². The molecule has 0 saturated carbocycles. The molecule has 11 aromatic rings. The van der Waals surface area contributed by atoms with Crippen LogP contribution in [0.15, 0.2) is 217 Å². The minimum absolute atomic E-state index is 0.605. The third-order valence-electron chi connectivity index (χ3n) is 11.0. The second-order valence-electron chi connectivity index (χ2n) is 14.4. The number of fused-ring (bicyclic) bond motifs is 6. The van der Waals surface area contributed by atoms with Crippen molar-refractivity contribution in [2.75, 3.05) is 4.90 Å². The molecule has 0 fully saturated rings. The number of rotatable bonds is 7. The van der Waals surface area contributed by atoms with Crippen LogP contribution < -0.4 is 4.90 Å². The highest BCUT2D eigenvalue weighted by Gasteiger charge is 2.22. The van der Waals surface area contributed by atoms with Gasteiger partial charge in [0.2, 0.25) is 5.89 Å². The molecular formula is C53H35N3O. The van der Waals surface area contributed by atoms with Crippen LogP contribution in [0, 0.1) is 0 Å². The molecule has 0 amide bonds. The molecule has 0 atom stereocenters. The number of aromatic nitrogens is 2. The Kier molecular flexibility index (Phi) is 7.78. The zero-order valence-corrected chi connectivity index (χ0v) is 31.0. The van der Waals surface area contributed by atoms with E-state index in [1.54, 1.807) is 0 Å². The van der Waals surface area contributed by atoms with Gasteiger partial charge in [-0.15, -0.1) is 0 Å². The predicted molar refractivity (Wildman–Crippen MR) is 237 cm³/mol. The fourth-order valence-corrected chi connectivity index (χ4v) is 8.36. The first-order chi connectivity index (χ1) is 28.3. The van der Waals surface area contributed by atoms with Crippen molar-refractivity contribution < 1.29 is 4.42 Å². The van der Waals surface area contributed by atoms with Crippen LogP contribution in [-0.2, 0) is 0 Å². The molecule has 268 valence electrons. The Morgan fingerprint density at radius 1 is 0.404 bits per heavy atom. The molecule has 57 heavy (non-hydrogen) atoms. The number of para-hydroxylation sites is 2. The van der Waals surface area contributed by atoms with E-state index in [0.29, 0.717) is 5.89 Å². The first kappa shape index (κ1) is 32.7. The van der Waals surface area contributed by atoms with Crippen LogP contribution in [0.2, 0.25) is 0 Å². The third-order valence-corrected chi connectivity index (χ3v) is 11.0. The average molecular weight is 730 g/mol. The molecule has 0 saturated heterocycles. The van der Waals surface area contributed by atoms with Gasteiger partial charge in [0.15, 0.2) is 5.58 Å². The van der Waals surface area contributed by atoms with E-state index in [9.17, 15) is 0 Å². The van der Waals surface area contributed by atoms with E-state index in [0.717, 1.165) is 67.1 Å². The molecule has 2 aromatic heterocycles. The van der Waals surface area contributed by atoms with Gasteiger partial charge in [0.1, 0.15) is 5.52 Å². The molecule has 0 aliphatic heterocycles. The Morgan fingerprint density at radius 2 is 0.982 bits per heavy atom. The zero-order chi connectivity index (χ0) is 37.7. The van der Waals surface area contributed by atoms with Gasteiger partial charge < -0.3 is 13.9 Å². The second kappa shape index (κ2) is 13.6. The first-order valence-corrected chi connectivity index (χ1v) is 19.3. The summed E-state index contributed by atoms with van der Waals surface area (Å²) < 4.78 is 8.74. The van der Waals surface area contributed by atoms with E-state index in [1.807, 2.05) is 36.4 Å². The first-order valence-electron chi connectivity index (χ1n) is 19.3. The maximum Gasteiger partial charge on any atom is 0.227 e. The SMILES string of the molecule is c1ccc(-c2cc(-c3ccccc3)cc(N(c3ccc4oc(-c5ccccc5)nc4c3)c3cccc4c3ccc3c5ccccc5n(-c5ccccc5)c43)c2)cc1. The molecule has 0 spiro atoms. The highest BCUT2D eigenvalue weighted by Crippen LogP contribution is 2.45. The summed E-state index contributed by atoms with van der Waals surface area (Å²) in [5, 5.41) is 4.77. The van der Waals surface area contributed by atoms with E-state index in [1.165, 1.54) is 27.2 Å². The van der Waals surface area contributed by atoms with E-state index >= 15 is 0 Å². The number of benzene rings is 9. The quantitative estimate of drug-likeness (QED) is 0.164. The lowest BCUT2D eigenvalue weighted by molar-refractivity contribution is 0.620. The molecule has 0 radical (unpaired) electrons. The van der Waals surface area contributed by atoms with Gasteiger partial charge in [-0.1, -0.05) is 140 Å². The summed E-state index contributed by atoms with van der Waals surface area (Å²) in [7, 11) is 0. The molecule has 0 aliphatic rings. The van der Waals surface area contributed by atoms with Crippen LogP contribution in [0.25, 0.3) is 83.1 Å². The largest absolute Gasteiger partial charge is 0.436 e. The summed E-state index contributed by atoms with van der Waals surface area (Å²) in [6.45, 7) is 0. The van der Waals surface area contributed by atoms with Crippen LogP contribution in [0.4, 0.5) is 17.1 Å². The van der Waals surface area contributed by atoms with E-state index in [-0.39, 0.29) is 0 Å². The Morgan fingerprint density at radius 3 is 1.68 bits per heavy atom. The lowest BCUT2D eigenvalue weighted by Gasteiger charge is -2.28. The molecule has 4 heteroatoms. The van der Waals surface area contributed by atoms with Crippen molar-refractivity contribution in [3.05, 3.63) is 212 Å². The summed E-state index contributed by atoms with van der Waals surface area (Å²) in [5.74, 6) is 0.605. The molecule has 2 heterocycles. The molecule has 0 aliphatic carbocycles. The van der Waals surface area contributed by atoms with Gasteiger partial charge >= 0.3 is 0 Å². The standard InChI is InChI=1S/C53H35N3O/c1-5-16-36(17-6-1)39-32-40(37-18-7-2-8-19-37)34-43(33-39)55(42-28-31-51-48(35-42)54-53(57-51)38-20-9-3-10-21-38)49-27-15-25-46-45(49)29-30-47-44-24-13-14-26-50(44)56(52(46)47)41-22-11-4-12-23-41/h1-35H. The molecule has 11 rings (SSSR count). The lowest BCUT2D eigenvalue weighted by atomic mass is 9.96. The van der Waals surface area contributed by atoms with E-state index in [2.05, 4.69) is 185 Å². The molecule has 4 nitrogen and oxygen atoms in total. The van der Waals surface area contributed by atoms with E-state index < -0.39 is 0 Å². The van der Waals surface area contributed by atoms with Crippen LogP contribution in [0.3, 0.4) is 0 Å². The maximum absolute atomic E-state index is 6.32. The fourth-order valence-electron chi connectivity index (χ4n) is 8.36. The minimum Gasteiger partial charge on any atom is -0.436 e. The number of nitrogens with zero attached hydrogens (tertiary/aromatic N) is 3.